The first-order valence-electron chi connectivity index (χ1n) is 18.8. The number of likely N-dealkylation sites (N-methyl/N-ethyl adjacent to an activating group) is 1. The van der Waals surface area contributed by atoms with Crippen molar-refractivity contribution in [1.82, 2.24) is 4.57 Å². The van der Waals surface area contributed by atoms with Crippen molar-refractivity contribution in [3.05, 3.63) is 185 Å². The first kappa shape index (κ1) is 32.3. The van der Waals surface area contributed by atoms with E-state index in [2.05, 4.69) is 196 Å². The van der Waals surface area contributed by atoms with Crippen LogP contribution in [0.3, 0.4) is 0 Å². The Hall–Kier alpha value is -5.60. The zero-order valence-corrected chi connectivity index (χ0v) is 30.9. The predicted octanol–water partition coefficient (Wildman–Crippen LogP) is 12.8. The molecule has 0 N–H and O–H groups in total. The van der Waals surface area contributed by atoms with E-state index in [1.807, 2.05) is 0 Å². The van der Waals surface area contributed by atoms with Gasteiger partial charge in [0.2, 0.25) is 0 Å². The number of hydrogen-bond acceptors (Lipinski definition) is 1. The fourth-order valence-corrected chi connectivity index (χ4v) is 9.03. The summed E-state index contributed by atoms with van der Waals surface area (Å²) >= 11 is 0. The van der Waals surface area contributed by atoms with Crippen molar-refractivity contribution in [3.8, 4) is 16.8 Å². The monoisotopic (exact) mass is 674 g/mol. The number of anilines is 1. The Labute approximate surface area is 308 Å². The van der Waals surface area contributed by atoms with Gasteiger partial charge in [-0.3, -0.25) is 0 Å². The average Bonchev–Trinajstić information content (AvgIpc) is 3.44. The van der Waals surface area contributed by atoms with Crippen molar-refractivity contribution in [2.45, 2.75) is 57.8 Å². The molecule has 0 saturated carbocycles. The Bertz CT molecular complexity index is 2540. The topological polar surface area (TPSA) is 8.17 Å². The molecule has 0 atom stereocenters. The van der Waals surface area contributed by atoms with Crippen molar-refractivity contribution < 1.29 is 0 Å². The molecule has 1 aromatic heterocycles. The second-order valence-electron chi connectivity index (χ2n) is 15.9. The van der Waals surface area contributed by atoms with E-state index in [-0.39, 0.29) is 10.8 Å². The summed E-state index contributed by atoms with van der Waals surface area (Å²) in [6.45, 7) is 9.69. The van der Waals surface area contributed by atoms with E-state index in [0.29, 0.717) is 0 Å². The molecule has 52 heavy (non-hydrogen) atoms. The third-order valence-electron chi connectivity index (χ3n) is 11.8. The molecule has 3 aliphatic rings. The summed E-state index contributed by atoms with van der Waals surface area (Å²) in [6, 6.07) is 38.4. The molecule has 6 aromatic rings. The standard InChI is InChI=1S/C50H46N2/c1-49(2)30-29-36(51(5)38-27-28-41-40-23-13-14-26-46(40)52(47(41)32-38)37-20-11-8-12-21-37)22-15-19-35-31-45-43(33-44(35)49)42-25-16-24-39(48(42)50(45,3)4)34-17-9-6-7-10-18-34/h6,8-18,20-29,31-33H,7,19,30H2,1-5H3/b22-15-,36-29-. The molecule has 2 heteroatoms. The third kappa shape index (κ3) is 5.15. The lowest BCUT2D eigenvalue weighted by molar-refractivity contribution is 0.528. The number of rotatable bonds is 4. The van der Waals surface area contributed by atoms with Gasteiger partial charge in [-0.15, -0.1) is 0 Å². The summed E-state index contributed by atoms with van der Waals surface area (Å²) in [7, 11) is 2.21. The average molecular weight is 675 g/mol. The molecule has 0 aliphatic heterocycles. The molecule has 0 spiro atoms. The lowest BCUT2D eigenvalue weighted by Gasteiger charge is -2.30. The summed E-state index contributed by atoms with van der Waals surface area (Å²) in [4.78, 5) is 2.36. The van der Waals surface area contributed by atoms with Crippen LogP contribution in [0.5, 0.6) is 0 Å². The van der Waals surface area contributed by atoms with Crippen LogP contribution in [0.2, 0.25) is 0 Å². The molecule has 0 radical (unpaired) electrons. The minimum absolute atomic E-state index is 0.0476. The fraction of sp³-hybridized carbons (Fsp3) is 0.200. The number of fused-ring (bicyclic) bond motifs is 7. The van der Waals surface area contributed by atoms with E-state index >= 15 is 0 Å². The second kappa shape index (κ2) is 12.3. The van der Waals surface area contributed by atoms with Crippen LogP contribution < -0.4 is 4.90 Å². The number of aromatic nitrogens is 1. The van der Waals surface area contributed by atoms with Crippen molar-refractivity contribution >= 4 is 33.1 Å². The minimum Gasteiger partial charge on any atom is -0.345 e. The van der Waals surface area contributed by atoms with E-state index in [4.69, 9.17) is 0 Å². The van der Waals surface area contributed by atoms with E-state index in [1.54, 1.807) is 0 Å². The highest BCUT2D eigenvalue weighted by molar-refractivity contribution is 6.10. The quantitative estimate of drug-likeness (QED) is 0.181. The van der Waals surface area contributed by atoms with Gasteiger partial charge in [0.05, 0.1) is 11.0 Å². The highest BCUT2D eigenvalue weighted by Gasteiger charge is 2.39. The zero-order valence-electron chi connectivity index (χ0n) is 30.9. The van der Waals surface area contributed by atoms with Crippen molar-refractivity contribution in [1.29, 1.82) is 0 Å². The van der Waals surface area contributed by atoms with Gasteiger partial charge in [-0.05, 0) is 112 Å². The normalized spacial score (nSPS) is 18.6. The van der Waals surface area contributed by atoms with Crippen LogP contribution in [0.15, 0.2) is 157 Å². The molecule has 5 aromatic carbocycles. The Morgan fingerprint density at radius 3 is 2.31 bits per heavy atom. The molecular formula is C50H46N2. The molecule has 3 aliphatic carbocycles. The molecule has 0 amide bonds. The summed E-state index contributed by atoms with van der Waals surface area (Å²) in [5, 5.41) is 2.55. The van der Waals surface area contributed by atoms with Gasteiger partial charge in [0.15, 0.2) is 0 Å². The maximum Gasteiger partial charge on any atom is 0.0561 e. The van der Waals surface area contributed by atoms with Crippen molar-refractivity contribution in [3.63, 3.8) is 0 Å². The number of allylic oxidation sites excluding steroid dienone is 9. The largest absolute Gasteiger partial charge is 0.345 e. The lowest BCUT2D eigenvalue weighted by atomic mass is 9.74. The molecule has 256 valence electrons. The minimum atomic E-state index is -0.0994. The number of para-hydroxylation sites is 2. The molecule has 1 heterocycles. The predicted molar refractivity (Wildman–Crippen MR) is 223 cm³/mol. The van der Waals surface area contributed by atoms with Crippen LogP contribution in [0.4, 0.5) is 5.69 Å². The van der Waals surface area contributed by atoms with Crippen molar-refractivity contribution in [2.24, 2.45) is 0 Å². The summed E-state index contributed by atoms with van der Waals surface area (Å²) in [5.41, 5.74) is 17.1. The van der Waals surface area contributed by atoms with Gasteiger partial charge in [0.25, 0.3) is 0 Å². The van der Waals surface area contributed by atoms with Gasteiger partial charge in [0.1, 0.15) is 0 Å². The summed E-state index contributed by atoms with van der Waals surface area (Å²) < 4.78 is 2.40. The third-order valence-corrected chi connectivity index (χ3v) is 11.8. The van der Waals surface area contributed by atoms with Crippen LogP contribution in [-0.4, -0.2) is 11.6 Å². The molecule has 9 rings (SSSR count). The van der Waals surface area contributed by atoms with Crippen LogP contribution in [0.1, 0.15) is 68.4 Å². The van der Waals surface area contributed by atoms with Gasteiger partial charge in [0, 0.05) is 40.3 Å². The van der Waals surface area contributed by atoms with Crippen molar-refractivity contribution in [2.75, 3.05) is 11.9 Å². The Morgan fingerprint density at radius 1 is 0.654 bits per heavy atom. The van der Waals surface area contributed by atoms with Gasteiger partial charge in [-0.25, -0.2) is 0 Å². The summed E-state index contributed by atoms with van der Waals surface area (Å²) in [6.07, 6.45) is 21.3. The molecule has 0 saturated heterocycles. The van der Waals surface area contributed by atoms with Gasteiger partial charge in [-0.2, -0.15) is 0 Å². The highest BCUT2D eigenvalue weighted by Crippen LogP contribution is 2.53. The Kier molecular flexibility index (Phi) is 7.63. The molecular weight excluding hydrogens is 629 g/mol. The Morgan fingerprint density at radius 2 is 1.44 bits per heavy atom. The van der Waals surface area contributed by atoms with E-state index in [1.165, 1.54) is 83.4 Å². The molecule has 0 bridgehead atoms. The number of nitrogens with zero attached hydrogens (tertiary/aromatic N) is 2. The van der Waals surface area contributed by atoms with Gasteiger partial charge < -0.3 is 9.47 Å². The summed E-state index contributed by atoms with van der Waals surface area (Å²) in [5.74, 6) is 0. The fourth-order valence-electron chi connectivity index (χ4n) is 9.03. The molecule has 0 unspecified atom stereocenters. The smallest absolute Gasteiger partial charge is 0.0561 e. The Balaban J connectivity index is 1.10. The SMILES string of the molecule is CN(C1=C\CC(C)(C)c2cc3c(cc2C/C=C\1)C(C)(C)c1c(C2=CC=CCC=C2)cccc1-3)c1ccc2c3ccccc3n(-c3ccccc3)c2c1. The zero-order chi connectivity index (χ0) is 35.6. The van der Waals surface area contributed by atoms with Gasteiger partial charge >= 0.3 is 0 Å². The van der Waals surface area contributed by atoms with E-state index in [0.717, 1.165) is 19.3 Å². The van der Waals surface area contributed by atoms with Gasteiger partial charge in [-0.1, -0.05) is 137 Å². The lowest BCUT2D eigenvalue weighted by Crippen LogP contribution is -2.21. The van der Waals surface area contributed by atoms with Crippen LogP contribution >= 0.6 is 0 Å². The first-order valence-corrected chi connectivity index (χ1v) is 18.8. The first-order chi connectivity index (χ1) is 25.2. The van der Waals surface area contributed by atoms with Crippen LogP contribution in [0, 0.1) is 0 Å². The van der Waals surface area contributed by atoms with E-state index < -0.39 is 0 Å². The van der Waals surface area contributed by atoms with E-state index in [9.17, 15) is 0 Å². The molecule has 0 fully saturated rings. The maximum atomic E-state index is 2.55. The number of benzene rings is 5. The van der Waals surface area contributed by atoms with Crippen LogP contribution in [0.25, 0.3) is 44.2 Å². The van der Waals surface area contributed by atoms with Crippen LogP contribution in [-0.2, 0) is 17.3 Å². The second-order valence-corrected chi connectivity index (χ2v) is 15.9. The molecule has 2 nitrogen and oxygen atoms in total. The maximum absolute atomic E-state index is 2.55. The number of hydrogen-bond donors (Lipinski definition) is 0. The highest BCUT2D eigenvalue weighted by atomic mass is 15.1.